The van der Waals surface area contributed by atoms with Crippen molar-refractivity contribution in [3.63, 3.8) is 0 Å². The zero-order valence-corrected chi connectivity index (χ0v) is 12.8. The molecule has 2 atom stereocenters. The highest BCUT2D eigenvalue weighted by molar-refractivity contribution is 5.67. The summed E-state index contributed by atoms with van der Waals surface area (Å²) in [6, 6.07) is 0. The molecule has 20 heavy (non-hydrogen) atoms. The molecule has 0 aromatic rings. The van der Waals surface area contributed by atoms with E-state index < -0.39 is 11.7 Å². The Balaban J connectivity index is 1.81. The van der Waals surface area contributed by atoms with Gasteiger partial charge in [0.25, 0.3) is 0 Å². The van der Waals surface area contributed by atoms with Gasteiger partial charge in [-0.1, -0.05) is 0 Å². The maximum atomic E-state index is 11.7. The van der Waals surface area contributed by atoms with Gasteiger partial charge in [-0.15, -0.1) is 0 Å². The van der Waals surface area contributed by atoms with Gasteiger partial charge in [-0.25, -0.2) is 4.79 Å². The van der Waals surface area contributed by atoms with Gasteiger partial charge in [-0.2, -0.15) is 0 Å². The summed E-state index contributed by atoms with van der Waals surface area (Å²) < 4.78 is 10.6. The third-order valence-electron chi connectivity index (χ3n) is 4.48. The van der Waals surface area contributed by atoms with Crippen molar-refractivity contribution in [1.82, 2.24) is 5.32 Å². The molecule has 0 bridgehead atoms. The largest absolute Gasteiger partial charge is 0.444 e. The fraction of sp³-hybridized carbons (Fsp3) is 0.933. The molecule has 1 spiro atoms. The molecule has 1 heterocycles. The van der Waals surface area contributed by atoms with E-state index in [0.717, 1.165) is 38.9 Å². The van der Waals surface area contributed by atoms with Crippen molar-refractivity contribution in [2.75, 3.05) is 19.8 Å². The van der Waals surface area contributed by atoms with Gasteiger partial charge in [0.15, 0.2) is 0 Å². The van der Waals surface area contributed by atoms with Crippen molar-refractivity contribution in [2.24, 2.45) is 11.3 Å². The van der Waals surface area contributed by atoms with Crippen LogP contribution in [0.15, 0.2) is 0 Å². The number of hydrogen-bond donors (Lipinski definition) is 2. The van der Waals surface area contributed by atoms with E-state index in [4.69, 9.17) is 9.47 Å². The minimum Gasteiger partial charge on any atom is -0.444 e. The van der Waals surface area contributed by atoms with Crippen LogP contribution in [0.2, 0.25) is 0 Å². The zero-order chi connectivity index (χ0) is 14.8. The minimum absolute atomic E-state index is 0.0124. The Hall–Kier alpha value is -0.810. The number of hydrogen-bond acceptors (Lipinski definition) is 4. The second-order valence-corrected chi connectivity index (χ2v) is 7.10. The third kappa shape index (κ3) is 3.64. The maximum Gasteiger partial charge on any atom is 0.407 e. The molecule has 116 valence electrons. The standard InChI is InChI=1S/C15H27NO4/c1-14(2,3)20-13(18)16-10-11-4-5-15(12(11)17)6-8-19-9-7-15/h11-12,17H,4-10H2,1-3H3,(H,16,18)/t11-,12+/m0/s1. The van der Waals surface area contributed by atoms with Crippen LogP contribution in [0.1, 0.15) is 46.5 Å². The number of carbonyl (C=O) groups is 1. The first-order valence-electron chi connectivity index (χ1n) is 7.55. The summed E-state index contributed by atoms with van der Waals surface area (Å²) in [7, 11) is 0. The predicted molar refractivity (Wildman–Crippen MR) is 75.5 cm³/mol. The first kappa shape index (κ1) is 15.6. The van der Waals surface area contributed by atoms with E-state index in [0.29, 0.717) is 6.54 Å². The number of carbonyl (C=O) groups excluding carboxylic acids is 1. The van der Waals surface area contributed by atoms with Gasteiger partial charge in [0.1, 0.15) is 5.60 Å². The average Bonchev–Trinajstić information content (AvgIpc) is 2.64. The number of alkyl carbamates (subject to hydrolysis) is 1. The van der Waals surface area contributed by atoms with Gasteiger partial charge in [0.05, 0.1) is 6.10 Å². The van der Waals surface area contributed by atoms with E-state index in [1.807, 2.05) is 20.8 Å². The van der Waals surface area contributed by atoms with Gasteiger partial charge in [-0.05, 0) is 46.5 Å². The smallest absolute Gasteiger partial charge is 0.407 e. The van der Waals surface area contributed by atoms with Crippen molar-refractivity contribution in [3.05, 3.63) is 0 Å². The Morgan fingerprint density at radius 1 is 1.35 bits per heavy atom. The molecular weight excluding hydrogens is 258 g/mol. The highest BCUT2D eigenvalue weighted by Gasteiger charge is 2.48. The third-order valence-corrected chi connectivity index (χ3v) is 4.48. The summed E-state index contributed by atoms with van der Waals surface area (Å²) in [5, 5.41) is 13.3. The van der Waals surface area contributed by atoms with E-state index >= 15 is 0 Å². The van der Waals surface area contributed by atoms with E-state index in [-0.39, 0.29) is 17.4 Å². The second kappa shape index (κ2) is 5.90. The van der Waals surface area contributed by atoms with Crippen molar-refractivity contribution in [2.45, 2.75) is 58.2 Å². The Labute approximate surface area is 121 Å². The van der Waals surface area contributed by atoms with Crippen LogP contribution in [0.4, 0.5) is 4.79 Å². The van der Waals surface area contributed by atoms with E-state index in [1.54, 1.807) is 0 Å². The molecule has 5 heteroatoms. The van der Waals surface area contributed by atoms with Crippen LogP contribution in [0.3, 0.4) is 0 Å². The number of ether oxygens (including phenoxy) is 2. The lowest BCUT2D eigenvalue weighted by atomic mass is 9.76. The zero-order valence-electron chi connectivity index (χ0n) is 12.8. The second-order valence-electron chi connectivity index (χ2n) is 7.10. The summed E-state index contributed by atoms with van der Waals surface area (Å²) >= 11 is 0. The molecule has 0 aromatic carbocycles. The van der Waals surface area contributed by atoms with Crippen LogP contribution >= 0.6 is 0 Å². The number of rotatable bonds is 2. The lowest BCUT2D eigenvalue weighted by molar-refractivity contribution is -0.0558. The highest BCUT2D eigenvalue weighted by Crippen LogP contribution is 2.48. The van der Waals surface area contributed by atoms with Crippen LogP contribution < -0.4 is 5.32 Å². The topological polar surface area (TPSA) is 67.8 Å². The van der Waals surface area contributed by atoms with E-state index in [2.05, 4.69) is 5.32 Å². The quantitative estimate of drug-likeness (QED) is 0.815. The van der Waals surface area contributed by atoms with Gasteiger partial charge < -0.3 is 19.9 Å². The fourth-order valence-corrected chi connectivity index (χ4v) is 3.34. The molecule has 1 aliphatic carbocycles. The SMILES string of the molecule is CC(C)(C)OC(=O)NC[C@@H]1CCC2(CCOCC2)[C@@H]1O. The van der Waals surface area contributed by atoms with Crippen LogP contribution in [0.25, 0.3) is 0 Å². The molecule has 0 radical (unpaired) electrons. The molecule has 5 nitrogen and oxygen atoms in total. The van der Waals surface area contributed by atoms with Crippen LogP contribution in [-0.2, 0) is 9.47 Å². The molecule has 2 aliphatic rings. The lowest BCUT2D eigenvalue weighted by Gasteiger charge is -2.37. The van der Waals surface area contributed by atoms with Crippen molar-refractivity contribution in [3.8, 4) is 0 Å². The molecule has 1 saturated carbocycles. The predicted octanol–water partition coefficient (Wildman–Crippen LogP) is 2.08. The van der Waals surface area contributed by atoms with Crippen molar-refractivity contribution >= 4 is 6.09 Å². The van der Waals surface area contributed by atoms with Gasteiger partial charge in [-0.3, -0.25) is 0 Å². The fourth-order valence-electron chi connectivity index (χ4n) is 3.34. The lowest BCUT2D eigenvalue weighted by Crippen LogP contribution is -2.42. The summed E-state index contributed by atoms with van der Waals surface area (Å²) in [5.74, 6) is 0.126. The molecular formula is C15H27NO4. The Kier molecular flexibility index (Phi) is 4.59. The summed E-state index contributed by atoms with van der Waals surface area (Å²) in [6.45, 7) is 7.49. The molecule has 0 aromatic heterocycles. The molecule has 2 rings (SSSR count). The van der Waals surface area contributed by atoms with E-state index in [9.17, 15) is 9.90 Å². The summed E-state index contributed by atoms with van der Waals surface area (Å²) in [4.78, 5) is 11.7. The van der Waals surface area contributed by atoms with Crippen LogP contribution in [0.5, 0.6) is 0 Å². The Bertz CT molecular complexity index is 344. The molecule has 1 amide bonds. The van der Waals surface area contributed by atoms with Crippen molar-refractivity contribution in [1.29, 1.82) is 0 Å². The number of amides is 1. The molecule has 0 unspecified atom stereocenters. The maximum absolute atomic E-state index is 11.7. The summed E-state index contributed by atoms with van der Waals surface area (Å²) in [6.07, 6.45) is 3.09. The first-order valence-corrected chi connectivity index (χ1v) is 7.55. The molecule has 1 saturated heterocycles. The van der Waals surface area contributed by atoms with Crippen LogP contribution in [-0.4, -0.2) is 42.7 Å². The monoisotopic (exact) mass is 285 g/mol. The molecule has 2 N–H and O–H groups in total. The molecule has 1 aliphatic heterocycles. The van der Waals surface area contributed by atoms with Gasteiger partial charge in [0.2, 0.25) is 0 Å². The Morgan fingerprint density at radius 2 is 2.00 bits per heavy atom. The minimum atomic E-state index is -0.486. The number of aliphatic hydroxyl groups excluding tert-OH is 1. The number of nitrogens with one attached hydrogen (secondary N) is 1. The average molecular weight is 285 g/mol. The Morgan fingerprint density at radius 3 is 2.60 bits per heavy atom. The van der Waals surface area contributed by atoms with Gasteiger partial charge in [0, 0.05) is 31.1 Å². The summed E-state index contributed by atoms with van der Waals surface area (Å²) in [5.41, 5.74) is -0.473. The van der Waals surface area contributed by atoms with Crippen LogP contribution in [0, 0.1) is 11.3 Å². The normalized spacial score (nSPS) is 29.4. The van der Waals surface area contributed by atoms with Gasteiger partial charge >= 0.3 is 6.09 Å². The van der Waals surface area contributed by atoms with E-state index in [1.165, 1.54) is 0 Å². The van der Waals surface area contributed by atoms with Crippen molar-refractivity contribution < 1.29 is 19.4 Å². The highest BCUT2D eigenvalue weighted by atomic mass is 16.6. The first-order chi connectivity index (χ1) is 9.32. The number of aliphatic hydroxyl groups is 1. The molecule has 2 fully saturated rings.